The SMILES string of the molecule is c1cc(CCNCCSc2nnc3n2CCCCC3)cs1. The first-order valence-electron chi connectivity index (χ1n) is 7.70. The van der Waals surface area contributed by atoms with Crippen LogP contribution in [0.3, 0.4) is 0 Å². The van der Waals surface area contributed by atoms with Crippen LogP contribution >= 0.6 is 23.1 Å². The Hall–Kier alpha value is -0.850. The summed E-state index contributed by atoms with van der Waals surface area (Å²) in [6, 6.07) is 2.20. The van der Waals surface area contributed by atoms with Crippen molar-refractivity contribution in [3.05, 3.63) is 28.2 Å². The van der Waals surface area contributed by atoms with E-state index in [2.05, 4.69) is 36.9 Å². The molecule has 1 aliphatic rings. The van der Waals surface area contributed by atoms with Crippen LogP contribution in [0.4, 0.5) is 0 Å². The standard InChI is InChI=1S/C15H22N4S2/c1-2-4-14-17-18-15(19(14)9-3-1)21-11-8-16-7-5-13-6-10-20-12-13/h6,10,12,16H,1-5,7-9,11H2. The lowest BCUT2D eigenvalue weighted by molar-refractivity contribution is 0.590. The van der Waals surface area contributed by atoms with Gasteiger partial charge in [0.25, 0.3) is 0 Å². The monoisotopic (exact) mass is 322 g/mol. The summed E-state index contributed by atoms with van der Waals surface area (Å²) in [5, 5.41) is 17.7. The Morgan fingerprint density at radius 2 is 2.24 bits per heavy atom. The summed E-state index contributed by atoms with van der Waals surface area (Å²) in [5.41, 5.74) is 1.43. The average Bonchev–Trinajstić information content (AvgIpc) is 3.08. The molecule has 1 N–H and O–H groups in total. The Morgan fingerprint density at radius 1 is 1.24 bits per heavy atom. The van der Waals surface area contributed by atoms with Gasteiger partial charge in [-0.3, -0.25) is 0 Å². The number of hydrogen-bond acceptors (Lipinski definition) is 5. The highest BCUT2D eigenvalue weighted by Crippen LogP contribution is 2.21. The topological polar surface area (TPSA) is 42.7 Å². The van der Waals surface area contributed by atoms with Gasteiger partial charge in [-0.25, -0.2) is 0 Å². The molecule has 3 rings (SSSR count). The lowest BCUT2D eigenvalue weighted by atomic mass is 10.2. The van der Waals surface area contributed by atoms with E-state index in [1.54, 1.807) is 11.3 Å². The van der Waals surface area contributed by atoms with E-state index in [0.717, 1.165) is 43.4 Å². The maximum Gasteiger partial charge on any atom is 0.191 e. The second kappa shape index (κ2) is 7.96. The van der Waals surface area contributed by atoms with Crippen molar-refractivity contribution in [1.29, 1.82) is 0 Å². The van der Waals surface area contributed by atoms with Crippen molar-refractivity contribution in [1.82, 2.24) is 20.1 Å². The highest BCUT2D eigenvalue weighted by atomic mass is 32.2. The molecule has 0 aliphatic carbocycles. The molecular weight excluding hydrogens is 300 g/mol. The molecule has 0 spiro atoms. The van der Waals surface area contributed by atoms with Crippen molar-refractivity contribution in [2.24, 2.45) is 0 Å². The molecule has 0 saturated heterocycles. The number of aryl methyl sites for hydroxylation is 1. The van der Waals surface area contributed by atoms with Gasteiger partial charge in [0, 0.05) is 25.3 Å². The van der Waals surface area contributed by atoms with E-state index in [-0.39, 0.29) is 0 Å². The molecular formula is C15H22N4S2. The largest absolute Gasteiger partial charge is 0.316 e. The number of thiophene rings is 1. The highest BCUT2D eigenvalue weighted by molar-refractivity contribution is 7.99. The first-order valence-corrected chi connectivity index (χ1v) is 9.63. The van der Waals surface area contributed by atoms with E-state index in [0.29, 0.717) is 0 Å². The van der Waals surface area contributed by atoms with E-state index in [9.17, 15) is 0 Å². The predicted octanol–water partition coefficient (Wildman–Crippen LogP) is 2.99. The second-order valence-electron chi connectivity index (χ2n) is 5.34. The quantitative estimate of drug-likeness (QED) is 0.628. The summed E-state index contributed by atoms with van der Waals surface area (Å²) < 4.78 is 2.32. The minimum atomic E-state index is 1.02. The van der Waals surface area contributed by atoms with Crippen molar-refractivity contribution >= 4 is 23.1 Å². The lowest BCUT2D eigenvalue weighted by Gasteiger charge is -2.07. The van der Waals surface area contributed by atoms with Gasteiger partial charge in [0.2, 0.25) is 0 Å². The molecule has 114 valence electrons. The number of nitrogens with zero attached hydrogens (tertiary/aromatic N) is 3. The van der Waals surface area contributed by atoms with E-state index < -0.39 is 0 Å². The van der Waals surface area contributed by atoms with Crippen molar-refractivity contribution in [3.63, 3.8) is 0 Å². The fourth-order valence-electron chi connectivity index (χ4n) is 2.57. The van der Waals surface area contributed by atoms with Gasteiger partial charge >= 0.3 is 0 Å². The normalized spacial score (nSPS) is 14.9. The Morgan fingerprint density at radius 3 is 3.14 bits per heavy atom. The zero-order chi connectivity index (χ0) is 14.3. The van der Waals surface area contributed by atoms with Crippen LogP contribution in [0.25, 0.3) is 0 Å². The summed E-state index contributed by atoms with van der Waals surface area (Å²) >= 11 is 3.60. The Labute approximate surface area is 134 Å². The Bertz CT molecular complexity index is 536. The number of nitrogens with one attached hydrogen (secondary N) is 1. The number of hydrogen-bond donors (Lipinski definition) is 1. The molecule has 0 unspecified atom stereocenters. The van der Waals surface area contributed by atoms with Gasteiger partial charge in [-0.05, 0) is 48.2 Å². The van der Waals surface area contributed by atoms with Crippen LogP contribution in [0.2, 0.25) is 0 Å². The van der Waals surface area contributed by atoms with Gasteiger partial charge in [-0.1, -0.05) is 18.2 Å². The minimum absolute atomic E-state index is 1.02. The fourth-order valence-corrected chi connectivity index (χ4v) is 4.16. The van der Waals surface area contributed by atoms with Crippen molar-refractivity contribution in [2.75, 3.05) is 18.8 Å². The van der Waals surface area contributed by atoms with Crippen LogP contribution in [0.15, 0.2) is 22.0 Å². The van der Waals surface area contributed by atoms with Crippen LogP contribution in [0, 0.1) is 0 Å². The molecule has 0 amide bonds. The summed E-state index contributed by atoms with van der Waals surface area (Å²) in [5.74, 6) is 2.24. The maximum absolute atomic E-state index is 4.35. The number of aromatic nitrogens is 3. The molecule has 3 heterocycles. The molecule has 2 aromatic heterocycles. The molecule has 6 heteroatoms. The summed E-state index contributed by atoms with van der Waals surface area (Å²) in [7, 11) is 0. The first kappa shape index (κ1) is 15.1. The molecule has 0 fully saturated rings. The summed E-state index contributed by atoms with van der Waals surface area (Å²) in [6.07, 6.45) is 6.04. The number of rotatable bonds is 7. The first-order chi connectivity index (χ1) is 10.4. The average molecular weight is 323 g/mol. The third-order valence-corrected chi connectivity index (χ3v) is 5.46. The van der Waals surface area contributed by atoms with Crippen molar-refractivity contribution in [3.8, 4) is 0 Å². The van der Waals surface area contributed by atoms with Gasteiger partial charge < -0.3 is 9.88 Å². The van der Waals surface area contributed by atoms with Crippen LogP contribution in [0.1, 0.15) is 30.7 Å². The molecule has 0 bridgehead atoms. The molecule has 21 heavy (non-hydrogen) atoms. The third-order valence-electron chi connectivity index (χ3n) is 3.76. The van der Waals surface area contributed by atoms with Crippen molar-refractivity contribution < 1.29 is 0 Å². The van der Waals surface area contributed by atoms with Crippen molar-refractivity contribution in [2.45, 2.75) is 43.8 Å². The minimum Gasteiger partial charge on any atom is -0.316 e. The zero-order valence-electron chi connectivity index (χ0n) is 12.3. The van der Waals surface area contributed by atoms with Crippen LogP contribution in [-0.4, -0.2) is 33.6 Å². The summed E-state index contributed by atoms with van der Waals surface area (Å²) in [6.45, 7) is 3.17. The van der Waals surface area contributed by atoms with Gasteiger partial charge in [-0.2, -0.15) is 11.3 Å². The Balaban J connectivity index is 1.37. The van der Waals surface area contributed by atoms with Crippen LogP contribution in [0.5, 0.6) is 0 Å². The molecule has 0 radical (unpaired) electrons. The molecule has 0 atom stereocenters. The van der Waals surface area contributed by atoms with Crippen LogP contribution < -0.4 is 5.32 Å². The fraction of sp³-hybridized carbons (Fsp3) is 0.600. The molecule has 1 aliphatic heterocycles. The lowest BCUT2D eigenvalue weighted by Crippen LogP contribution is -2.20. The highest BCUT2D eigenvalue weighted by Gasteiger charge is 2.14. The van der Waals surface area contributed by atoms with Crippen LogP contribution in [-0.2, 0) is 19.4 Å². The van der Waals surface area contributed by atoms with E-state index in [1.807, 2.05) is 11.8 Å². The number of fused-ring (bicyclic) bond motifs is 1. The van der Waals surface area contributed by atoms with Gasteiger partial charge in [0.15, 0.2) is 5.16 Å². The summed E-state index contributed by atoms with van der Waals surface area (Å²) in [4.78, 5) is 0. The van der Waals surface area contributed by atoms with Gasteiger partial charge in [0.05, 0.1) is 0 Å². The molecule has 0 aromatic carbocycles. The number of thioether (sulfide) groups is 1. The third kappa shape index (κ3) is 4.31. The zero-order valence-corrected chi connectivity index (χ0v) is 13.9. The maximum atomic E-state index is 4.35. The molecule has 4 nitrogen and oxygen atoms in total. The predicted molar refractivity (Wildman–Crippen MR) is 89.2 cm³/mol. The molecule has 2 aromatic rings. The van der Waals surface area contributed by atoms with E-state index >= 15 is 0 Å². The smallest absolute Gasteiger partial charge is 0.191 e. The Kier molecular flexibility index (Phi) is 5.71. The van der Waals surface area contributed by atoms with Gasteiger partial charge in [-0.15, -0.1) is 10.2 Å². The molecule has 0 saturated carbocycles. The van der Waals surface area contributed by atoms with Gasteiger partial charge in [0.1, 0.15) is 5.82 Å². The van der Waals surface area contributed by atoms with E-state index in [4.69, 9.17) is 0 Å². The second-order valence-corrected chi connectivity index (χ2v) is 7.18. The van der Waals surface area contributed by atoms with E-state index in [1.165, 1.54) is 30.7 Å².